The van der Waals surface area contributed by atoms with Crippen molar-refractivity contribution >= 4 is 6.09 Å². The number of hydrogen-bond donors (Lipinski definition) is 1. The quantitative estimate of drug-likeness (QED) is 0.531. The molecule has 0 aliphatic rings. The molecule has 0 heterocycles. The summed E-state index contributed by atoms with van der Waals surface area (Å²) in [5, 5.41) is 8.92. The van der Waals surface area contributed by atoms with Gasteiger partial charge in [-0.1, -0.05) is 42.5 Å². The summed E-state index contributed by atoms with van der Waals surface area (Å²) < 4.78 is 11.7. The Hall–Kier alpha value is -2.53. The van der Waals surface area contributed by atoms with E-state index < -0.39 is 5.60 Å². The molecule has 0 aromatic heterocycles. The number of unbranched alkanes of at least 4 members (excludes halogenated alkanes) is 1. The highest BCUT2D eigenvalue weighted by Crippen LogP contribution is 2.26. The molecular formula is C25H35NO4. The monoisotopic (exact) mass is 413 g/mol. The summed E-state index contributed by atoms with van der Waals surface area (Å²) in [6, 6.07) is 18.2. The van der Waals surface area contributed by atoms with Crippen molar-refractivity contribution in [1.82, 2.24) is 4.90 Å². The smallest absolute Gasteiger partial charge is 0.410 e. The Bertz CT molecular complexity index is 753. The third-order valence-electron chi connectivity index (χ3n) is 4.68. The standard InChI is InChI=1S/C25H35NO4/c1-25(2,3)30-24(28)26(4)18-17-23(21-11-6-5-7-12-21)29-22-15-13-20(14-16-22)10-8-9-19-27/h5-7,11-16,23,27H,8-10,17-19H2,1-4H3. The first-order valence-corrected chi connectivity index (χ1v) is 10.6. The zero-order valence-corrected chi connectivity index (χ0v) is 18.6. The minimum atomic E-state index is -0.514. The number of rotatable bonds is 10. The zero-order chi connectivity index (χ0) is 22.0. The van der Waals surface area contributed by atoms with Gasteiger partial charge in [-0.2, -0.15) is 0 Å². The van der Waals surface area contributed by atoms with Gasteiger partial charge in [-0.15, -0.1) is 0 Å². The van der Waals surface area contributed by atoms with Crippen molar-refractivity contribution < 1.29 is 19.4 Å². The minimum Gasteiger partial charge on any atom is -0.486 e. The Balaban J connectivity index is 2.01. The molecule has 164 valence electrons. The maximum atomic E-state index is 12.3. The molecule has 1 amide bonds. The lowest BCUT2D eigenvalue weighted by Crippen LogP contribution is -2.35. The van der Waals surface area contributed by atoms with Crippen molar-refractivity contribution in [3.8, 4) is 5.75 Å². The molecule has 0 aliphatic heterocycles. The number of benzene rings is 2. The Morgan fingerprint density at radius 1 is 1.03 bits per heavy atom. The lowest BCUT2D eigenvalue weighted by Gasteiger charge is -2.26. The molecule has 2 aromatic carbocycles. The van der Waals surface area contributed by atoms with E-state index in [-0.39, 0.29) is 18.8 Å². The predicted octanol–water partition coefficient (Wildman–Crippen LogP) is 5.38. The van der Waals surface area contributed by atoms with Crippen molar-refractivity contribution in [3.63, 3.8) is 0 Å². The van der Waals surface area contributed by atoms with Crippen LogP contribution in [0.4, 0.5) is 4.79 Å². The minimum absolute atomic E-state index is 0.170. The molecule has 1 atom stereocenters. The summed E-state index contributed by atoms with van der Waals surface area (Å²) in [5.74, 6) is 0.801. The fraction of sp³-hybridized carbons (Fsp3) is 0.480. The molecule has 2 rings (SSSR count). The van der Waals surface area contributed by atoms with E-state index in [4.69, 9.17) is 14.6 Å². The first kappa shape index (κ1) is 23.7. The van der Waals surface area contributed by atoms with E-state index in [9.17, 15) is 4.79 Å². The maximum absolute atomic E-state index is 12.3. The molecule has 5 nitrogen and oxygen atoms in total. The molecule has 0 saturated heterocycles. The topological polar surface area (TPSA) is 59.0 Å². The van der Waals surface area contributed by atoms with Gasteiger partial charge >= 0.3 is 6.09 Å². The number of aliphatic hydroxyl groups excluding tert-OH is 1. The first-order valence-electron chi connectivity index (χ1n) is 10.6. The number of ether oxygens (including phenoxy) is 2. The van der Waals surface area contributed by atoms with Crippen LogP contribution in [0.3, 0.4) is 0 Å². The van der Waals surface area contributed by atoms with Crippen LogP contribution in [0.2, 0.25) is 0 Å². The van der Waals surface area contributed by atoms with Gasteiger partial charge in [0, 0.05) is 26.6 Å². The van der Waals surface area contributed by atoms with E-state index in [1.807, 2.05) is 63.2 Å². The molecule has 5 heteroatoms. The Labute approximate surface area is 180 Å². The van der Waals surface area contributed by atoms with Crippen LogP contribution in [0.5, 0.6) is 5.75 Å². The average Bonchev–Trinajstić information content (AvgIpc) is 2.71. The van der Waals surface area contributed by atoms with Gasteiger partial charge in [0.25, 0.3) is 0 Å². The number of carbonyl (C=O) groups is 1. The van der Waals surface area contributed by atoms with Crippen LogP contribution in [0.15, 0.2) is 54.6 Å². The zero-order valence-electron chi connectivity index (χ0n) is 18.6. The summed E-state index contributed by atoms with van der Waals surface area (Å²) >= 11 is 0. The number of hydrogen-bond acceptors (Lipinski definition) is 4. The van der Waals surface area contributed by atoms with Crippen molar-refractivity contribution in [2.24, 2.45) is 0 Å². The number of carbonyl (C=O) groups excluding carboxylic acids is 1. The van der Waals surface area contributed by atoms with Gasteiger partial charge in [-0.25, -0.2) is 4.79 Å². The van der Waals surface area contributed by atoms with E-state index in [2.05, 4.69) is 12.1 Å². The van der Waals surface area contributed by atoms with Crippen LogP contribution in [-0.4, -0.2) is 41.9 Å². The summed E-state index contributed by atoms with van der Waals surface area (Å²) in [5.41, 5.74) is 1.79. The van der Waals surface area contributed by atoms with Gasteiger partial charge in [-0.3, -0.25) is 0 Å². The molecule has 30 heavy (non-hydrogen) atoms. The van der Waals surface area contributed by atoms with Gasteiger partial charge in [0.05, 0.1) is 0 Å². The number of amides is 1. The molecular weight excluding hydrogens is 378 g/mol. The number of aryl methyl sites for hydroxylation is 1. The SMILES string of the molecule is CN(CCC(Oc1ccc(CCCCO)cc1)c1ccccc1)C(=O)OC(C)(C)C. The summed E-state index contributed by atoms with van der Waals surface area (Å²) in [6.45, 7) is 6.34. The third-order valence-corrected chi connectivity index (χ3v) is 4.68. The van der Waals surface area contributed by atoms with Gasteiger partial charge in [-0.05, 0) is 63.3 Å². The van der Waals surface area contributed by atoms with Crippen LogP contribution in [0.25, 0.3) is 0 Å². The molecule has 0 saturated carbocycles. The molecule has 2 aromatic rings. The van der Waals surface area contributed by atoms with Crippen LogP contribution >= 0.6 is 0 Å². The predicted molar refractivity (Wildman–Crippen MR) is 120 cm³/mol. The van der Waals surface area contributed by atoms with E-state index in [0.29, 0.717) is 13.0 Å². The fourth-order valence-corrected chi connectivity index (χ4v) is 3.04. The number of nitrogens with zero attached hydrogens (tertiary/aromatic N) is 1. The second-order valence-electron chi connectivity index (χ2n) is 8.53. The largest absolute Gasteiger partial charge is 0.486 e. The van der Waals surface area contributed by atoms with Crippen LogP contribution in [0, 0.1) is 0 Å². The lowest BCUT2D eigenvalue weighted by atomic mass is 10.1. The second-order valence-corrected chi connectivity index (χ2v) is 8.53. The highest BCUT2D eigenvalue weighted by molar-refractivity contribution is 5.67. The van der Waals surface area contributed by atoms with Gasteiger partial charge in [0.15, 0.2) is 0 Å². The van der Waals surface area contributed by atoms with Crippen LogP contribution < -0.4 is 4.74 Å². The summed E-state index contributed by atoms with van der Waals surface area (Å²) in [7, 11) is 1.75. The molecule has 0 fully saturated rings. The average molecular weight is 414 g/mol. The van der Waals surface area contributed by atoms with Crippen molar-refractivity contribution in [2.45, 2.75) is 58.2 Å². The number of aliphatic hydroxyl groups is 1. The van der Waals surface area contributed by atoms with E-state index >= 15 is 0 Å². The second kappa shape index (κ2) is 11.6. The Kier molecular flexibility index (Phi) is 9.18. The molecule has 0 bridgehead atoms. The Morgan fingerprint density at radius 2 is 1.70 bits per heavy atom. The van der Waals surface area contributed by atoms with Crippen LogP contribution in [-0.2, 0) is 11.2 Å². The van der Waals surface area contributed by atoms with Crippen LogP contribution in [0.1, 0.15) is 57.3 Å². The van der Waals surface area contributed by atoms with E-state index in [1.165, 1.54) is 5.56 Å². The molecule has 0 aliphatic carbocycles. The summed E-state index contributed by atoms with van der Waals surface area (Å²) in [4.78, 5) is 13.9. The molecule has 0 spiro atoms. The fourth-order valence-electron chi connectivity index (χ4n) is 3.04. The normalized spacial score (nSPS) is 12.3. The highest BCUT2D eigenvalue weighted by Gasteiger charge is 2.21. The van der Waals surface area contributed by atoms with Crippen molar-refractivity contribution in [2.75, 3.05) is 20.2 Å². The van der Waals surface area contributed by atoms with Gasteiger partial charge in [0.2, 0.25) is 0 Å². The Morgan fingerprint density at radius 3 is 2.30 bits per heavy atom. The van der Waals surface area contributed by atoms with Gasteiger partial charge < -0.3 is 19.5 Å². The van der Waals surface area contributed by atoms with E-state index in [0.717, 1.165) is 30.6 Å². The molecule has 1 unspecified atom stereocenters. The lowest BCUT2D eigenvalue weighted by molar-refractivity contribution is 0.0278. The molecule has 0 radical (unpaired) electrons. The van der Waals surface area contributed by atoms with Gasteiger partial charge in [0.1, 0.15) is 17.5 Å². The maximum Gasteiger partial charge on any atom is 0.410 e. The van der Waals surface area contributed by atoms with E-state index in [1.54, 1.807) is 11.9 Å². The highest BCUT2D eigenvalue weighted by atomic mass is 16.6. The van der Waals surface area contributed by atoms with Crippen molar-refractivity contribution in [1.29, 1.82) is 0 Å². The summed E-state index contributed by atoms with van der Waals surface area (Å²) in [6.07, 6.45) is 2.89. The first-order chi connectivity index (χ1) is 14.3. The van der Waals surface area contributed by atoms with Crippen molar-refractivity contribution in [3.05, 3.63) is 65.7 Å². The molecule has 1 N–H and O–H groups in total. The third kappa shape index (κ3) is 8.46.